The van der Waals surface area contributed by atoms with Crippen LogP contribution in [-0.4, -0.2) is 28.1 Å². The second-order valence-corrected chi connectivity index (χ2v) is 3.40. The van der Waals surface area contributed by atoms with Crippen molar-refractivity contribution in [1.29, 1.82) is 0 Å². The van der Waals surface area contributed by atoms with Crippen LogP contribution in [0.2, 0.25) is 0 Å². The third kappa shape index (κ3) is 2.39. The average molecular weight is 229 g/mol. The Morgan fingerprint density at radius 1 is 1.24 bits per heavy atom. The number of aromatic carboxylic acids is 1. The summed E-state index contributed by atoms with van der Waals surface area (Å²) in [6, 6.07) is 8.34. The van der Waals surface area contributed by atoms with Crippen LogP contribution in [0, 0.1) is 0 Å². The number of benzene rings is 1. The molecule has 0 aliphatic rings. The van der Waals surface area contributed by atoms with Gasteiger partial charge in [0.25, 0.3) is 0 Å². The van der Waals surface area contributed by atoms with Crippen LogP contribution in [0.15, 0.2) is 36.5 Å². The van der Waals surface area contributed by atoms with Crippen molar-refractivity contribution in [3.63, 3.8) is 0 Å². The zero-order valence-electron chi connectivity index (χ0n) is 9.21. The molecule has 0 saturated heterocycles. The van der Waals surface area contributed by atoms with Crippen LogP contribution in [-0.2, 0) is 0 Å². The number of nitrogens with zero attached hydrogens (tertiary/aromatic N) is 2. The van der Waals surface area contributed by atoms with Gasteiger partial charge < -0.3 is 10.4 Å². The maximum absolute atomic E-state index is 10.7. The van der Waals surface area contributed by atoms with Gasteiger partial charge in [0.2, 0.25) is 5.95 Å². The SMILES string of the molecule is CNc1nccc(-c2ccc(C(=O)O)cc2)n1. The molecule has 2 N–H and O–H groups in total. The fourth-order valence-electron chi connectivity index (χ4n) is 1.42. The molecule has 2 aromatic rings. The normalized spacial score (nSPS) is 9.94. The number of carboxylic acids is 1. The van der Waals surface area contributed by atoms with E-state index in [0.717, 1.165) is 11.3 Å². The van der Waals surface area contributed by atoms with Crippen molar-refractivity contribution >= 4 is 11.9 Å². The minimum absolute atomic E-state index is 0.261. The van der Waals surface area contributed by atoms with E-state index >= 15 is 0 Å². The minimum Gasteiger partial charge on any atom is -0.478 e. The van der Waals surface area contributed by atoms with Crippen LogP contribution in [0.3, 0.4) is 0 Å². The average Bonchev–Trinajstić information content (AvgIpc) is 2.39. The molecule has 0 amide bonds. The van der Waals surface area contributed by atoms with Gasteiger partial charge in [0.05, 0.1) is 11.3 Å². The predicted octanol–water partition coefficient (Wildman–Crippen LogP) is 1.88. The zero-order valence-corrected chi connectivity index (χ0v) is 9.21. The van der Waals surface area contributed by atoms with E-state index in [9.17, 15) is 4.79 Å². The van der Waals surface area contributed by atoms with Crippen LogP contribution in [0.4, 0.5) is 5.95 Å². The molecule has 0 fully saturated rings. The third-order valence-electron chi connectivity index (χ3n) is 2.31. The second-order valence-electron chi connectivity index (χ2n) is 3.40. The maximum Gasteiger partial charge on any atom is 0.335 e. The molecule has 0 aliphatic carbocycles. The molecule has 86 valence electrons. The summed E-state index contributed by atoms with van der Waals surface area (Å²) in [5.74, 6) is -0.403. The molecule has 5 heteroatoms. The molecule has 1 aromatic heterocycles. The van der Waals surface area contributed by atoms with Gasteiger partial charge in [-0.15, -0.1) is 0 Å². The Morgan fingerprint density at radius 2 is 1.94 bits per heavy atom. The van der Waals surface area contributed by atoms with Crippen molar-refractivity contribution in [3.8, 4) is 11.3 Å². The molecule has 1 heterocycles. The van der Waals surface area contributed by atoms with Gasteiger partial charge in [-0.25, -0.2) is 14.8 Å². The fraction of sp³-hybridized carbons (Fsp3) is 0.0833. The van der Waals surface area contributed by atoms with Crippen molar-refractivity contribution < 1.29 is 9.90 Å². The second kappa shape index (κ2) is 4.61. The van der Waals surface area contributed by atoms with Gasteiger partial charge in [0, 0.05) is 18.8 Å². The Balaban J connectivity index is 2.36. The molecule has 0 unspecified atom stereocenters. The van der Waals surface area contributed by atoms with Crippen molar-refractivity contribution in [2.45, 2.75) is 0 Å². The molecule has 0 bridgehead atoms. The fourth-order valence-corrected chi connectivity index (χ4v) is 1.42. The Labute approximate surface area is 98.2 Å². The van der Waals surface area contributed by atoms with E-state index < -0.39 is 5.97 Å². The third-order valence-corrected chi connectivity index (χ3v) is 2.31. The highest BCUT2D eigenvalue weighted by Gasteiger charge is 2.04. The topological polar surface area (TPSA) is 75.1 Å². The first kappa shape index (κ1) is 11.1. The van der Waals surface area contributed by atoms with E-state index in [4.69, 9.17) is 5.11 Å². The van der Waals surface area contributed by atoms with Gasteiger partial charge >= 0.3 is 5.97 Å². The molecule has 2 rings (SSSR count). The van der Waals surface area contributed by atoms with Crippen molar-refractivity contribution in [2.24, 2.45) is 0 Å². The number of hydrogen-bond acceptors (Lipinski definition) is 4. The summed E-state index contributed by atoms with van der Waals surface area (Å²) in [6.07, 6.45) is 1.65. The number of hydrogen-bond donors (Lipinski definition) is 2. The molecule has 0 aliphatic heterocycles. The zero-order chi connectivity index (χ0) is 12.3. The highest BCUT2D eigenvalue weighted by atomic mass is 16.4. The van der Waals surface area contributed by atoms with E-state index in [2.05, 4.69) is 15.3 Å². The molecular formula is C12H11N3O2. The Morgan fingerprint density at radius 3 is 2.53 bits per heavy atom. The summed E-state index contributed by atoms with van der Waals surface area (Å²) < 4.78 is 0. The van der Waals surface area contributed by atoms with Gasteiger partial charge in [-0.1, -0.05) is 12.1 Å². The van der Waals surface area contributed by atoms with E-state index in [0.29, 0.717) is 5.95 Å². The molecule has 17 heavy (non-hydrogen) atoms. The number of carbonyl (C=O) groups is 1. The van der Waals surface area contributed by atoms with E-state index in [1.807, 2.05) is 0 Å². The standard InChI is InChI=1S/C12H11N3O2/c1-13-12-14-7-6-10(15-12)8-2-4-9(5-3-8)11(16)17/h2-7H,1H3,(H,16,17)(H,13,14,15). The summed E-state index contributed by atoms with van der Waals surface area (Å²) >= 11 is 0. The lowest BCUT2D eigenvalue weighted by molar-refractivity contribution is 0.0697. The first-order valence-electron chi connectivity index (χ1n) is 5.05. The molecule has 1 aromatic carbocycles. The van der Waals surface area contributed by atoms with Crippen LogP contribution >= 0.6 is 0 Å². The molecule has 5 nitrogen and oxygen atoms in total. The van der Waals surface area contributed by atoms with Gasteiger partial charge in [0.1, 0.15) is 0 Å². The van der Waals surface area contributed by atoms with Gasteiger partial charge in [-0.2, -0.15) is 0 Å². The van der Waals surface area contributed by atoms with E-state index in [1.165, 1.54) is 0 Å². The van der Waals surface area contributed by atoms with E-state index in [1.54, 1.807) is 43.6 Å². The number of anilines is 1. The van der Waals surface area contributed by atoms with Gasteiger partial charge in [-0.3, -0.25) is 0 Å². The molecule has 0 radical (unpaired) electrons. The number of carboxylic acid groups (broad SMARTS) is 1. The van der Waals surface area contributed by atoms with Gasteiger partial charge in [0.15, 0.2) is 0 Å². The quantitative estimate of drug-likeness (QED) is 0.840. The monoisotopic (exact) mass is 229 g/mol. The lowest BCUT2D eigenvalue weighted by Gasteiger charge is -2.03. The first-order valence-corrected chi connectivity index (χ1v) is 5.05. The van der Waals surface area contributed by atoms with Crippen molar-refractivity contribution in [2.75, 3.05) is 12.4 Å². The summed E-state index contributed by atoms with van der Waals surface area (Å²) in [5, 5.41) is 11.6. The largest absolute Gasteiger partial charge is 0.478 e. The Kier molecular flexibility index (Phi) is 3.00. The first-order chi connectivity index (χ1) is 8.20. The lowest BCUT2D eigenvalue weighted by Crippen LogP contribution is -1.98. The van der Waals surface area contributed by atoms with Crippen molar-refractivity contribution in [3.05, 3.63) is 42.1 Å². The summed E-state index contributed by atoms with van der Waals surface area (Å²) in [6.45, 7) is 0. The van der Waals surface area contributed by atoms with Crippen LogP contribution < -0.4 is 5.32 Å². The summed E-state index contributed by atoms with van der Waals surface area (Å²) in [4.78, 5) is 19.0. The van der Waals surface area contributed by atoms with E-state index in [-0.39, 0.29) is 5.56 Å². The predicted molar refractivity (Wildman–Crippen MR) is 64.0 cm³/mol. The number of nitrogens with one attached hydrogen (secondary N) is 1. The number of aromatic nitrogens is 2. The van der Waals surface area contributed by atoms with Crippen LogP contribution in [0.1, 0.15) is 10.4 Å². The maximum atomic E-state index is 10.7. The lowest BCUT2D eigenvalue weighted by atomic mass is 10.1. The van der Waals surface area contributed by atoms with Crippen molar-refractivity contribution in [1.82, 2.24) is 9.97 Å². The summed E-state index contributed by atoms with van der Waals surface area (Å²) in [5.41, 5.74) is 1.87. The Bertz CT molecular complexity index is 538. The van der Waals surface area contributed by atoms with Crippen LogP contribution in [0.25, 0.3) is 11.3 Å². The molecule has 0 saturated carbocycles. The minimum atomic E-state index is -0.935. The highest BCUT2D eigenvalue weighted by molar-refractivity contribution is 5.88. The Hall–Kier alpha value is -2.43. The molecule has 0 spiro atoms. The molecule has 0 atom stereocenters. The summed E-state index contributed by atoms with van der Waals surface area (Å²) in [7, 11) is 1.74. The van der Waals surface area contributed by atoms with Gasteiger partial charge in [-0.05, 0) is 18.2 Å². The number of rotatable bonds is 3. The smallest absolute Gasteiger partial charge is 0.335 e. The highest BCUT2D eigenvalue weighted by Crippen LogP contribution is 2.18. The molecular weight excluding hydrogens is 218 g/mol. The van der Waals surface area contributed by atoms with Crippen LogP contribution in [0.5, 0.6) is 0 Å².